The van der Waals surface area contributed by atoms with Crippen LogP contribution in [-0.2, 0) is 6.42 Å². The summed E-state index contributed by atoms with van der Waals surface area (Å²) in [4.78, 5) is 0. The van der Waals surface area contributed by atoms with Crippen LogP contribution in [0.1, 0.15) is 26.3 Å². The van der Waals surface area contributed by atoms with E-state index in [1.165, 1.54) is 11.3 Å². The molecule has 72 valence electrons. The van der Waals surface area contributed by atoms with Crippen molar-refractivity contribution in [3.05, 3.63) is 29.8 Å². The van der Waals surface area contributed by atoms with Gasteiger partial charge < -0.3 is 5.32 Å². The number of benzene rings is 1. The van der Waals surface area contributed by atoms with Gasteiger partial charge in [-0.05, 0) is 23.5 Å². The summed E-state index contributed by atoms with van der Waals surface area (Å²) in [7, 11) is 1.97. The molecule has 0 fully saturated rings. The van der Waals surface area contributed by atoms with Crippen LogP contribution in [0.5, 0.6) is 0 Å². The smallest absolute Gasteiger partial charge is 0.0370 e. The fourth-order valence-electron chi connectivity index (χ4n) is 1.49. The Morgan fingerprint density at radius 2 is 1.77 bits per heavy atom. The van der Waals surface area contributed by atoms with Crippen molar-refractivity contribution in [2.45, 2.75) is 27.2 Å². The SMILES string of the molecule is CNc1ccccc1CC(C)(C)C. The molecule has 0 amide bonds. The molecule has 0 atom stereocenters. The Morgan fingerprint density at radius 1 is 1.15 bits per heavy atom. The zero-order valence-corrected chi connectivity index (χ0v) is 9.02. The van der Waals surface area contributed by atoms with Crippen molar-refractivity contribution >= 4 is 5.69 Å². The summed E-state index contributed by atoms with van der Waals surface area (Å²) in [6, 6.07) is 8.48. The van der Waals surface area contributed by atoms with Crippen molar-refractivity contribution in [1.29, 1.82) is 0 Å². The van der Waals surface area contributed by atoms with Gasteiger partial charge in [0.05, 0.1) is 0 Å². The maximum Gasteiger partial charge on any atom is 0.0370 e. The summed E-state index contributed by atoms with van der Waals surface area (Å²) in [6.07, 6.45) is 1.12. The Hall–Kier alpha value is -0.980. The molecule has 1 aromatic rings. The van der Waals surface area contributed by atoms with Crippen LogP contribution >= 0.6 is 0 Å². The number of para-hydroxylation sites is 1. The molecule has 0 saturated carbocycles. The van der Waals surface area contributed by atoms with Gasteiger partial charge in [-0.2, -0.15) is 0 Å². The van der Waals surface area contributed by atoms with Gasteiger partial charge in [-0.15, -0.1) is 0 Å². The summed E-state index contributed by atoms with van der Waals surface area (Å²) in [6.45, 7) is 6.79. The van der Waals surface area contributed by atoms with Gasteiger partial charge >= 0.3 is 0 Å². The predicted molar refractivity (Wildman–Crippen MR) is 59.1 cm³/mol. The number of rotatable bonds is 2. The van der Waals surface area contributed by atoms with Crippen LogP contribution in [0.25, 0.3) is 0 Å². The molecule has 1 rings (SSSR count). The second-order valence-corrected chi connectivity index (χ2v) is 4.64. The first-order chi connectivity index (χ1) is 6.03. The molecule has 0 unspecified atom stereocenters. The first kappa shape index (κ1) is 10.1. The van der Waals surface area contributed by atoms with Gasteiger partial charge in [0.15, 0.2) is 0 Å². The fourth-order valence-corrected chi connectivity index (χ4v) is 1.49. The van der Waals surface area contributed by atoms with Crippen molar-refractivity contribution in [1.82, 2.24) is 0 Å². The molecule has 0 aliphatic rings. The van der Waals surface area contributed by atoms with Crippen molar-refractivity contribution in [3.8, 4) is 0 Å². The molecule has 1 N–H and O–H groups in total. The molecule has 1 heteroatoms. The lowest BCUT2D eigenvalue weighted by atomic mass is 9.87. The fraction of sp³-hybridized carbons (Fsp3) is 0.500. The van der Waals surface area contributed by atoms with E-state index in [4.69, 9.17) is 0 Å². The summed E-state index contributed by atoms with van der Waals surface area (Å²) in [5.41, 5.74) is 3.00. The third-order valence-corrected chi connectivity index (χ3v) is 2.01. The molecule has 1 aromatic carbocycles. The van der Waals surface area contributed by atoms with Crippen LogP contribution in [0.15, 0.2) is 24.3 Å². The first-order valence-electron chi connectivity index (χ1n) is 4.78. The molecular weight excluding hydrogens is 158 g/mol. The molecule has 0 aromatic heterocycles. The Kier molecular flexibility index (Phi) is 2.97. The lowest BCUT2D eigenvalue weighted by Crippen LogP contribution is -2.10. The third-order valence-electron chi connectivity index (χ3n) is 2.01. The molecule has 0 aliphatic heterocycles. The molecule has 0 bridgehead atoms. The molecular formula is C12H19N. The zero-order chi connectivity index (χ0) is 9.90. The molecule has 0 spiro atoms. The van der Waals surface area contributed by atoms with Crippen LogP contribution in [-0.4, -0.2) is 7.05 Å². The Balaban J connectivity index is 2.87. The van der Waals surface area contributed by atoms with Crippen molar-refractivity contribution in [2.75, 3.05) is 12.4 Å². The molecule has 13 heavy (non-hydrogen) atoms. The predicted octanol–water partition coefficient (Wildman–Crippen LogP) is 3.32. The van der Waals surface area contributed by atoms with Crippen molar-refractivity contribution in [2.24, 2.45) is 5.41 Å². The average molecular weight is 177 g/mol. The Labute approximate surface area is 81.2 Å². The van der Waals surface area contributed by atoms with E-state index in [0.717, 1.165) is 6.42 Å². The third kappa shape index (κ3) is 3.10. The van der Waals surface area contributed by atoms with Crippen molar-refractivity contribution < 1.29 is 0 Å². The molecule has 0 saturated heterocycles. The van der Waals surface area contributed by atoms with Gasteiger partial charge in [0.25, 0.3) is 0 Å². The van der Waals surface area contributed by atoms with E-state index in [9.17, 15) is 0 Å². The molecule has 0 heterocycles. The highest BCUT2D eigenvalue weighted by Gasteiger charge is 2.12. The second kappa shape index (κ2) is 3.82. The number of hydrogen-bond donors (Lipinski definition) is 1. The van der Waals surface area contributed by atoms with Crippen LogP contribution in [0, 0.1) is 5.41 Å². The standard InChI is InChI=1S/C12H19N/c1-12(2,3)9-10-7-5-6-8-11(10)13-4/h5-8,13H,9H2,1-4H3. The maximum absolute atomic E-state index is 3.22. The molecule has 0 aliphatic carbocycles. The Morgan fingerprint density at radius 3 is 2.31 bits per heavy atom. The quantitative estimate of drug-likeness (QED) is 0.730. The highest BCUT2D eigenvalue weighted by molar-refractivity contribution is 5.50. The van der Waals surface area contributed by atoms with E-state index >= 15 is 0 Å². The number of hydrogen-bond acceptors (Lipinski definition) is 1. The first-order valence-corrected chi connectivity index (χ1v) is 4.78. The minimum Gasteiger partial charge on any atom is -0.388 e. The normalized spacial score (nSPS) is 11.4. The largest absolute Gasteiger partial charge is 0.388 e. The van der Waals surface area contributed by atoms with Crippen LogP contribution in [0.3, 0.4) is 0 Å². The minimum absolute atomic E-state index is 0.354. The van der Waals surface area contributed by atoms with E-state index in [1.807, 2.05) is 7.05 Å². The van der Waals surface area contributed by atoms with Gasteiger partial charge in [-0.25, -0.2) is 0 Å². The molecule has 1 nitrogen and oxygen atoms in total. The summed E-state index contributed by atoms with van der Waals surface area (Å²) in [5, 5.41) is 3.22. The summed E-state index contributed by atoms with van der Waals surface area (Å²) >= 11 is 0. The lowest BCUT2D eigenvalue weighted by Gasteiger charge is -2.20. The highest BCUT2D eigenvalue weighted by Crippen LogP contribution is 2.25. The number of nitrogens with one attached hydrogen (secondary N) is 1. The van der Waals surface area contributed by atoms with Crippen LogP contribution in [0.2, 0.25) is 0 Å². The molecule has 0 radical (unpaired) electrons. The minimum atomic E-state index is 0.354. The average Bonchev–Trinajstić information content (AvgIpc) is 2.02. The van der Waals surface area contributed by atoms with E-state index in [0.29, 0.717) is 5.41 Å². The van der Waals surface area contributed by atoms with Gasteiger partial charge in [0.1, 0.15) is 0 Å². The van der Waals surface area contributed by atoms with E-state index in [-0.39, 0.29) is 0 Å². The monoisotopic (exact) mass is 177 g/mol. The van der Waals surface area contributed by atoms with Gasteiger partial charge in [-0.1, -0.05) is 39.0 Å². The van der Waals surface area contributed by atoms with Gasteiger partial charge in [0.2, 0.25) is 0 Å². The van der Waals surface area contributed by atoms with Gasteiger partial charge in [-0.3, -0.25) is 0 Å². The summed E-state index contributed by atoms with van der Waals surface area (Å²) in [5.74, 6) is 0. The topological polar surface area (TPSA) is 12.0 Å². The zero-order valence-electron chi connectivity index (χ0n) is 9.02. The van der Waals surface area contributed by atoms with Gasteiger partial charge in [0, 0.05) is 12.7 Å². The van der Waals surface area contributed by atoms with Crippen LogP contribution in [0.4, 0.5) is 5.69 Å². The second-order valence-electron chi connectivity index (χ2n) is 4.64. The van der Waals surface area contributed by atoms with Crippen molar-refractivity contribution in [3.63, 3.8) is 0 Å². The lowest BCUT2D eigenvalue weighted by molar-refractivity contribution is 0.412. The Bertz CT molecular complexity index is 271. The maximum atomic E-state index is 3.22. The van der Waals surface area contributed by atoms with E-state index in [1.54, 1.807) is 0 Å². The van der Waals surface area contributed by atoms with E-state index in [2.05, 4.69) is 50.4 Å². The highest BCUT2D eigenvalue weighted by atomic mass is 14.8. The summed E-state index contributed by atoms with van der Waals surface area (Å²) < 4.78 is 0. The van der Waals surface area contributed by atoms with E-state index < -0.39 is 0 Å². The van der Waals surface area contributed by atoms with Crippen LogP contribution < -0.4 is 5.32 Å². The number of anilines is 1.